The van der Waals surface area contributed by atoms with Gasteiger partial charge in [-0.3, -0.25) is 9.59 Å². The summed E-state index contributed by atoms with van der Waals surface area (Å²) in [6, 6.07) is 4.04. The van der Waals surface area contributed by atoms with Crippen LogP contribution in [0.2, 0.25) is 0 Å². The Labute approximate surface area is 109 Å². The van der Waals surface area contributed by atoms with Crippen LogP contribution < -0.4 is 10.6 Å². The zero-order chi connectivity index (χ0) is 13.7. The van der Waals surface area contributed by atoms with E-state index in [0.29, 0.717) is 5.69 Å². The van der Waals surface area contributed by atoms with Gasteiger partial charge in [0.1, 0.15) is 5.82 Å². The molecule has 2 N–H and O–H groups in total. The third-order valence-corrected chi connectivity index (χ3v) is 3.19. The molecule has 98 valence electrons. The Hall–Kier alpha value is -1.56. The zero-order valence-corrected chi connectivity index (χ0v) is 11.2. The van der Waals surface area contributed by atoms with Crippen LogP contribution in [-0.2, 0) is 9.59 Å². The van der Waals surface area contributed by atoms with Crippen LogP contribution in [0, 0.1) is 5.82 Å². The second-order valence-electron chi connectivity index (χ2n) is 3.74. The molecule has 0 saturated heterocycles. The number of halogens is 1. The summed E-state index contributed by atoms with van der Waals surface area (Å²) in [5.74, 6) is -1.07. The fraction of sp³-hybridized carbons (Fsp3) is 0.333. The molecular weight excluding hydrogens is 255 g/mol. The van der Waals surface area contributed by atoms with E-state index in [1.54, 1.807) is 6.92 Å². The lowest BCUT2D eigenvalue weighted by Gasteiger charge is -2.11. The lowest BCUT2D eigenvalue weighted by Crippen LogP contribution is -2.22. The van der Waals surface area contributed by atoms with Gasteiger partial charge in [0, 0.05) is 12.6 Å². The van der Waals surface area contributed by atoms with Gasteiger partial charge in [-0.2, -0.15) is 11.8 Å². The largest absolute Gasteiger partial charge is 0.325 e. The van der Waals surface area contributed by atoms with Crippen molar-refractivity contribution in [1.29, 1.82) is 0 Å². The van der Waals surface area contributed by atoms with Crippen molar-refractivity contribution in [2.45, 2.75) is 19.1 Å². The van der Waals surface area contributed by atoms with E-state index in [-0.39, 0.29) is 22.8 Å². The maximum absolute atomic E-state index is 13.4. The van der Waals surface area contributed by atoms with E-state index >= 15 is 0 Å². The van der Waals surface area contributed by atoms with E-state index in [2.05, 4.69) is 10.6 Å². The monoisotopic (exact) mass is 270 g/mol. The van der Waals surface area contributed by atoms with E-state index in [1.165, 1.54) is 36.9 Å². The number of thioether (sulfide) groups is 1. The lowest BCUT2D eigenvalue weighted by molar-refractivity contribution is -0.115. The van der Waals surface area contributed by atoms with Crippen molar-refractivity contribution < 1.29 is 14.0 Å². The van der Waals surface area contributed by atoms with Crippen LogP contribution in [0.1, 0.15) is 13.8 Å². The molecule has 0 radical (unpaired) electrons. The van der Waals surface area contributed by atoms with Crippen molar-refractivity contribution in [2.75, 3.05) is 16.9 Å². The Bertz CT molecular complexity index is 465. The predicted octanol–water partition coefficient (Wildman–Crippen LogP) is 2.47. The normalized spacial score (nSPS) is 11.8. The van der Waals surface area contributed by atoms with E-state index in [4.69, 9.17) is 0 Å². The molecule has 0 aromatic heterocycles. The number of hydrogen-bond acceptors (Lipinski definition) is 3. The molecule has 0 fully saturated rings. The van der Waals surface area contributed by atoms with Crippen molar-refractivity contribution in [3.63, 3.8) is 0 Å². The van der Waals surface area contributed by atoms with Gasteiger partial charge in [0.05, 0.1) is 10.9 Å². The fourth-order valence-corrected chi connectivity index (χ4v) is 1.51. The Kier molecular flexibility index (Phi) is 5.15. The average molecular weight is 270 g/mol. The third-order valence-electron chi connectivity index (χ3n) is 2.27. The van der Waals surface area contributed by atoms with E-state index in [1.807, 2.05) is 6.26 Å². The third kappa shape index (κ3) is 4.03. The molecule has 2 amide bonds. The van der Waals surface area contributed by atoms with Gasteiger partial charge in [-0.25, -0.2) is 4.39 Å². The van der Waals surface area contributed by atoms with Gasteiger partial charge in [0.2, 0.25) is 11.8 Å². The second-order valence-corrected chi connectivity index (χ2v) is 4.92. The van der Waals surface area contributed by atoms with Crippen molar-refractivity contribution in [2.24, 2.45) is 0 Å². The molecule has 1 aromatic carbocycles. The number of nitrogens with one attached hydrogen (secondary N) is 2. The first-order valence-electron chi connectivity index (χ1n) is 5.35. The summed E-state index contributed by atoms with van der Waals surface area (Å²) in [6.45, 7) is 3.07. The van der Waals surface area contributed by atoms with Gasteiger partial charge < -0.3 is 10.6 Å². The van der Waals surface area contributed by atoms with Crippen LogP contribution in [0.3, 0.4) is 0 Å². The minimum atomic E-state index is -0.541. The summed E-state index contributed by atoms with van der Waals surface area (Å²) < 4.78 is 13.4. The molecule has 0 saturated carbocycles. The summed E-state index contributed by atoms with van der Waals surface area (Å²) in [5.41, 5.74) is 0.503. The van der Waals surface area contributed by atoms with E-state index in [9.17, 15) is 14.0 Å². The summed E-state index contributed by atoms with van der Waals surface area (Å²) in [6.07, 6.45) is 1.83. The Balaban J connectivity index is 2.85. The minimum absolute atomic E-state index is 0.0529. The van der Waals surface area contributed by atoms with Crippen LogP contribution in [0.25, 0.3) is 0 Å². The molecule has 1 unspecified atom stereocenters. The molecule has 1 rings (SSSR count). The molecule has 0 aliphatic carbocycles. The summed E-state index contributed by atoms with van der Waals surface area (Å²) >= 11 is 1.41. The number of anilines is 2. The average Bonchev–Trinajstić information content (AvgIpc) is 2.31. The fourth-order valence-electron chi connectivity index (χ4n) is 1.24. The van der Waals surface area contributed by atoms with Crippen LogP contribution in [0.5, 0.6) is 0 Å². The molecule has 0 bridgehead atoms. The van der Waals surface area contributed by atoms with E-state index in [0.717, 1.165) is 0 Å². The Morgan fingerprint density at radius 2 is 2.00 bits per heavy atom. The SMILES string of the molecule is CSC(C)C(=O)Nc1ccc(F)c(NC(C)=O)c1. The number of amides is 2. The van der Waals surface area contributed by atoms with Crippen molar-refractivity contribution in [3.05, 3.63) is 24.0 Å². The molecule has 0 aliphatic heterocycles. The highest BCUT2D eigenvalue weighted by atomic mass is 32.2. The highest BCUT2D eigenvalue weighted by molar-refractivity contribution is 7.99. The van der Waals surface area contributed by atoms with Gasteiger partial charge in [-0.05, 0) is 31.4 Å². The van der Waals surface area contributed by atoms with Gasteiger partial charge in [-0.1, -0.05) is 0 Å². The maximum atomic E-state index is 13.4. The first-order chi connectivity index (χ1) is 8.43. The standard InChI is InChI=1S/C12H15FN2O2S/c1-7(18-3)12(17)15-9-4-5-10(13)11(6-9)14-8(2)16/h4-7H,1-3H3,(H,14,16)(H,15,17). The number of benzene rings is 1. The number of rotatable bonds is 4. The Morgan fingerprint density at radius 1 is 1.33 bits per heavy atom. The second kappa shape index (κ2) is 6.39. The molecule has 18 heavy (non-hydrogen) atoms. The number of carbonyl (C=O) groups is 2. The summed E-state index contributed by atoms with van der Waals surface area (Å²) in [7, 11) is 0. The molecule has 0 aliphatic rings. The molecule has 6 heteroatoms. The number of carbonyl (C=O) groups excluding carboxylic acids is 2. The molecular formula is C12H15FN2O2S. The quantitative estimate of drug-likeness (QED) is 0.883. The van der Waals surface area contributed by atoms with Gasteiger partial charge in [-0.15, -0.1) is 0 Å². The molecule has 0 heterocycles. The lowest BCUT2D eigenvalue weighted by atomic mass is 10.2. The van der Waals surface area contributed by atoms with Gasteiger partial charge in [0.25, 0.3) is 0 Å². The van der Waals surface area contributed by atoms with E-state index < -0.39 is 5.82 Å². The first kappa shape index (κ1) is 14.5. The van der Waals surface area contributed by atoms with Crippen LogP contribution in [0.4, 0.5) is 15.8 Å². The summed E-state index contributed by atoms with van der Waals surface area (Å²) in [4.78, 5) is 22.5. The van der Waals surface area contributed by atoms with Crippen LogP contribution in [0.15, 0.2) is 18.2 Å². The number of hydrogen-bond donors (Lipinski definition) is 2. The topological polar surface area (TPSA) is 58.2 Å². The minimum Gasteiger partial charge on any atom is -0.325 e. The van der Waals surface area contributed by atoms with Crippen LogP contribution >= 0.6 is 11.8 Å². The highest BCUT2D eigenvalue weighted by Crippen LogP contribution is 2.20. The van der Waals surface area contributed by atoms with Gasteiger partial charge in [0.15, 0.2) is 0 Å². The van der Waals surface area contributed by atoms with Crippen molar-refractivity contribution in [3.8, 4) is 0 Å². The zero-order valence-electron chi connectivity index (χ0n) is 10.4. The predicted molar refractivity (Wildman–Crippen MR) is 72.3 cm³/mol. The molecule has 0 spiro atoms. The maximum Gasteiger partial charge on any atom is 0.237 e. The van der Waals surface area contributed by atoms with Crippen molar-refractivity contribution in [1.82, 2.24) is 0 Å². The first-order valence-corrected chi connectivity index (χ1v) is 6.63. The van der Waals surface area contributed by atoms with Crippen LogP contribution in [-0.4, -0.2) is 23.3 Å². The molecule has 1 aromatic rings. The van der Waals surface area contributed by atoms with Crippen molar-refractivity contribution >= 4 is 35.0 Å². The van der Waals surface area contributed by atoms with Gasteiger partial charge >= 0.3 is 0 Å². The molecule has 4 nitrogen and oxygen atoms in total. The highest BCUT2D eigenvalue weighted by Gasteiger charge is 2.12. The smallest absolute Gasteiger partial charge is 0.237 e. The molecule has 1 atom stereocenters. The Morgan fingerprint density at radius 3 is 2.56 bits per heavy atom. The summed E-state index contributed by atoms with van der Waals surface area (Å²) in [5, 5.41) is 4.82.